The Balaban J connectivity index is 1.71. The van der Waals surface area contributed by atoms with Crippen molar-refractivity contribution in [2.24, 2.45) is 0 Å². The highest BCUT2D eigenvalue weighted by Crippen LogP contribution is 2.31. The number of oxazole rings is 1. The van der Waals surface area contributed by atoms with E-state index in [4.69, 9.17) is 9.15 Å². The van der Waals surface area contributed by atoms with Crippen molar-refractivity contribution in [1.29, 1.82) is 0 Å². The molecular formula is C19H13F2N3O3. The van der Waals surface area contributed by atoms with Crippen molar-refractivity contribution >= 4 is 11.2 Å². The number of aryl methyl sites for hydroxylation is 2. The number of aromatic hydroxyl groups is 1. The van der Waals surface area contributed by atoms with Crippen LogP contribution >= 0.6 is 0 Å². The van der Waals surface area contributed by atoms with Crippen molar-refractivity contribution in [2.75, 3.05) is 0 Å². The largest absolute Gasteiger partial charge is 0.507 e. The molecule has 0 aliphatic heterocycles. The van der Waals surface area contributed by atoms with Gasteiger partial charge >= 0.3 is 6.01 Å². The molecule has 0 radical (unpaired) electrons. The number of aromatic nitrogens is 3. The average molecular weight is 369 g/mol. The lowest BCUT2D eigenvalue weighted by molar-refractivity contribution is 0.406. The Morgan fingerprint density at radius 1 is 1.04 bits per heavy atom. The van der Waals surface area contributed by atoms with E-state index >= 15 is 0 Å². The van der Waals surface area contributed by atoms with Gasteiger partial charge < -0.3 is 14.3 Å². The van der Waals surface area contributed by atoms with E-state index in [1.54, 1.807) is 26.0 Å². The molecule has 4 rings (SSSR count). The van der Waals surface area contributed by atoms with E-state index in [2.05, 4.69) is 15.0 Å². The van der Waals surface area contributed by atoms with Gasteiger partial charge in [0.05, 0.1) is 6.20 Å². The van der Waals surface area contributed by atoms with Gasteiger partial charge in [-0.15, -0.1) is 0 Å². The number of ether oxygens (including phenoxy) is 1. The maximum absolute atomic E-state index is 13.7. The Morgan fingerprint density at radius 2 is 1.78 bits per heavy atom. The van der Waals surface area contributed by atoms with Crippen LogP contribution in [0.15, 0.2) is 40.9 Å². The van der Waals surface area contributed by atoms with E-state index in [1.165, 1.54) is 6.20 Å². The van der Waals surface area contributed by atoms with Crippen LogP contribution in [0.5, 0.6) is 17.5 Å². The second-order valence-electron chi connectivity index (χ2n) is 6.00. The lowest BCUT2D eigenvalue weighted by atomic mass is 10.1. The first-order valence-corrected chi connectivity index (χ1v) is 7.98. The van der Waals surface area contributed by atoms with Gasteiger partial charge in [-0.2, -0.15) is 4.98 Å². The van der Waals surface area contributed by atoms with Crippen LogP contribution in [0.2, 0.25) is 0 Å². The Kier molecular flexibility index (Phi) is 3.95. The molecule has 2 aromatic heterocycles. The van der Waals surface area contributed by atoms with Gasteiger partial charge in [-0.3, -0.25) is 0 Å². The monoisotopic (exact) mass is 369 g/mol. The summed E-state index contributed by atoms with van der Waals surface area (Å²) in [6, 6.07) is 6.10. The Labute approximate surface area is 152 Å². The number of benzene rings is 2. The molecule has 0 unspecified atom stereocenters. The molecule has 0 saturated heterocycles. The molecule has 4 aromatic rings. The minimum Gasteiger partial charge on any atom is -0.507 e. The van der Waals surface area contributed by atoms with Crippen molar-refractivity contribution in [3.05, 3.63) is 59.3 Å². The second kappa shape index (κ2) is 6.31. The second-order valence-corrected chi connectivity index (χ2v) is 6.00. The lowest BCUT2D eigenvalue weighted by Gasteiger charge is -2.04. The molecule has 27 heavy (non-hydrogen) atoms. The Bertz CT molecular complexity index is 1150. The number of nitrogens with zero attached hydrogens (tertiary/aromatic N) is 3. The van der Waals surface area contributed by atoms with Crippen LogP contribution in [-0.2, 0) is 0 Å². The average Bonchev–Trinajstić information content (AvgIpc) is 3.06. The molecule has 136 valence electrons. The maximum Gasteiger partial charge on any atom is 0.325 e. The first-order valence-electron chi connectivity index (χ1n) is 7.98. The van der Waals surface area contributed by atoms with Gasteiger partial charge in [0.15, 0.2) is 11.6 Å². The molecule has 0 aliphatic carbocycles. The summed E-state index contributed by atoms with van der Waals surface area (Å²) in [5.41, 5.74) is 2.54. The van der Waals surface area contributed by atoms with Crippen LogP contribution in [0.25, 0.3) is 22.7 Å². The number of hydrogen-bond donors (Lipinski definition) is 1. The zero-order valence-corrected chi connectivity index (χ0v) is 14.3. The summed E-state index contributed by atoms with van der Waals surface area (Å²) < 4.78 is 37.8. The summed E-state index contributed by atoms with van der Waals surface area (Å²) in [5, 5.41) is 9.89. The first kappa shape index (κ1) is 16.9. The van der Waals surface area contributed by atoms with Gasteiger partial charge in [0, 0.05) is 11.6 Å². The predicted molar refractivity (Wildman–Crippen MR) is 92.6 cm³/mol. The Hall–Kier alpha value is -3.55. The molecular weight excluding hydrogens is 356 g/mol. The lowest BCUT2D eigenvalue weighted by Crippen LogP contribution is -1.94. The van der Waals surface area contributed by atoms with Gasteiger partial charge in [-0.1, -0.05) is 0 Å². The van der Waals surface area contributed by atoms with Crippen molar-refractivity contribution in [1.82, 2.24) is 15.0 Å². The van der Waals surface area contributed by atoms with Crippen molar-refractivity contribution < 1.29 is 23.0 Å². The van der Waals surface area contributed by atoms with Crippen LogP contribution in [0.1, 0.15) is 11.1 Å². The van der Waals surface area contributed by atoms with Crippen LogP contribution in [0, 0.1) is 25.5 Å². The SMILES string of the molecule is Cc1cc(-c2nc3cnc(Oc4cc(F)ccc4F)nc3o2)cc(C)c1O. The maximum atomic E-state index is 13.7. The molecule has 8 heteroatoms. The number of rotatable bonds is 3. The Morgan fingerprint density at radius 3 is 2.52 bits per heavy atom. The van der Waals surface area contributed by atoms with Crippen LogP contribution < -0.4 is 4.74 Å². The van der Waals surface area contributed by atoms with E-state index in [-0.39, 0.29) is 23.2 Å². The highest BCUT2D eigenvalue weighted by Gasteiger charge is 2.15. The van der Waals surface area contributed by atoms with Gasteiger partial charge in [-0.25, -0.2) is 18.7 Å². The normalized spacial score (nSPS) is 11.1. The van der Waals surface area contributed by atoms with Crippen molar-refractivity contribution in [3.63, 3.8) is 0 Å². The minimum atomic E-state index is -0.742. The summed E-state index contributed by atoms with van der Waals surface area (Å²) in [6.45, 7) is 3.54. The van der Waals surface area contributed by atoms with Gasteiger partial charge in [0.25, 0.3) is 5.71 Å². The smallest absolute Gasteiger partial charge is 0.325 e. The summed E-state index contributed by atoms with van der Waals surface area (Å²) in [6.07, 6.45) is 1.36. The fourth-order valence-electron chi connectivity index (χ4n) is 2.63. The fraction of sp³-hybridized carbons (Fsp3) is 0.105. The van der Waals surface area contributed by atoms with Crippen molar-refractivity contribution in [2.45, 2.75) is 13.8 Å². The van der Waals surface area contributed by atoms with Crippen LogP contribution in [0.4, 0.5) is 8.78 Å². The molecule has 0 saturated carbocycles. The molecule has 0 atom stereocenters. The van der Waals surface area contributed by atoms with E-state index in [1.807, 2.05) is 0 Å². The molecule has 2 aromatic carbocycles. The molecule has 0 bridgehead atoms. The predicted octanol–water partition coefficient (Wildman–Crippen LogP) is 4.68. The zero-order valence-electron chi connectivity index (χ0n) is 14.3. The van der Waals surface area contributed by atoms with Crippen LogP contribution in [-0.4, -0.2) is 20.1 Å². The molecule has 0 aliphatic rings. The molecule has 0 spiro atoms. The summed E-state index contributed by atoms with van der Waals surface area (Å²) in [5.74, 6) is -1.22. The summed E-state index contributed by atoms with van der Waals surface area (Å²) in [7, 11) is 0. The molecule has 0 fully saturated rings. The number of phenolic OH excluding ortho intramolecular Hbond substituents is 1. The highest BCUT2D eigenvalue weighted by atomic mass is 19.1. The summed E-state index contributed by atoms with van der Waals surface area (Å²) in [4.78, 5) is 12.3. The number of hydrogen-bond acceptors (Lipinski definition) is 6. The highest BCUT2D eigenvalue weighted by molar-refractivity contribution is 5.72. The van der Waals surface area contributed by atoms with Gasteiger partial charge in [0.1, 0.15) is 17.1 Å². The third-order valence-corrected chi connectivity index (χ3v) is 3.96. The van der Waals surface area contributed by atoms with Crippen molar-refractivity contribution in [3.8, 4) is 29.0 Å². The number of fused-ring (bicyclic) bond motifs is 1. The van der Waals surface area contributed by atoms with Crippen LogP contribution in [0.3, 0.4) is 0 Å². The molecule has 0 amide bonds. The number of phenols is 1. The van der Waals surface area contributed by atoms with Gasteiger partial charge in [-0.05, 0) is 49.2 Å². The van der Waals surface area contributed by atoms with E-state index in [9.17, 15) is 13.9 Å². The molecule has 6 nitrogen and oxygen atoms in total. The standard InChI is InChI=1S/C19H13F2N3O3/c1-9-5-11(6-10(2)16(9)25)17-23-14-8-22-19(24-18(14)27-17)26-15-7-12(20)3-4-13(15)21/h3-8,25H,1-2H3. The third kappa shape index (κ3) is 3.17. The minimum absolute atomic E-state index is 0.134. The first-order chi connectivity index (χ1) is 12.9. The summed E-state index contributed by atoms with van der Waals surface area (Å²) >= 11 is 0. The molecule has 1 N–H and O–H groups in total. The van der Waals surface area contributed by atoms with E-state index < -0.39 is 11.6 Å². The fourth-order valence-corrected chi connectivity index (χ4v) is 2.63. The van der Waals surface area contributed by atoms with E-state index in [0.29, 0.717) is 28.1 Å². The zero-order chi connectivity index (χ0) is 19.1. The quantitative estimate of drug-likeness (QED) is 0.565. The molecule has 2 heterocycles. The number of halogens is 2. The third-order valence-electron chi connectivity index (χ3n) is 3.96. The van der Waals surface area contributed by atoms with E-state index in [0.717, 1.165) is 18.2 Å². The topological polar surface area (TPSA) is 81.3 Å². The van der Waals surface area contributed by atoms with Gasteiger partial charge in [0.2, 0.25) is 5.89 Å².